The molecule has 0 bridgehead atoms. The molecule has 1 aliphatic rings. The fourth-order valence-electron chi connectivity index (χ4n) is 2.54. The van der Waals surface area contributed by atoms with E-state index in [-0.39, 0.29) is 10.7 Å². The summed E-state index contributed by atoms with van der Waals surface area (Å²) in [6, 6.07) is 13.1. The molecular formula is C17H18FN3O2S. The Morgan fingerprint density at radius 2 is 1.83 bits per heavy atom. The van der Waals surface area contributed by atoms with Gasteiger partial charge in [-0.3, -0.25) is 4.90 Å². The molecule has 126 valence electrons. The Balaban J connectivity index is 1.64. The Bertz CT molecular complexity index is 864. The molecule has 0 saturated heterocycles. The molecule has 3 rings (SSSR count). The number of halogens is 1. The standard InChI is InChI=1S/C17H18FN3O2S/c1-21(11-10-13-6-8-14(18)9-7-13)12-17-19-15-4-2-3-5-16(15)24(22,23)20-17/h2-9H,10-12H2,1H3,(H,19,20). The van der Waals surface area contributed by atoms with Crippen LogP contribution >= 0.6 is 0 Å². The normalized spacial score (nSPS) is 15.5. The third-order valence-electron chi connectivity index (χ3n) is 3.79. The van der Waals surface area contributed by atoms with Crippen LogP contribution in [0.5, 0.6) is 0 Å². The highest BCUT2D eigenvalue weighted by atomic mass is 32.2. The van der Waals surface area contributed by atoms with Crippen molar-refractivity contribution in [2.45, 2.75) is 11.3 Å². The Morgan fingerprint density at radius 1 is 1.12 bits per heavy atom. The van der Waals surface area contributed by atoms with Gasteiger partial charge in [-0.25, -0.2) is 4.39 Å². The quantitative estimate of drug-likeness (QED) is 0.903. The first-order valence-corrected chi connectivity index (χ1v) is 9.01. The van der Waals surface area contributed by atoms with E-state index in [0.29, 0.717) is 24.6 Å². The molecule has 0 unspecified atom stereocenters. The topological polar surface area (TPSA) is 61.8 Å². The monoisotopic (exact) mass is 347 g/mol. The largest absolute Gasteiger partial charge is 0.341 e. The number of nitrogens with zero attached hydrogens (tertiary/aromatic N) is 2. The predicted molar refractivity (Wildman–Crippen MR) is 92.3 cm³/mol. The molecule has 1 N–H and O–H groups in total. The first kappa shape index (κ1) is 16.6. The van der Waals surface area contributed by atoms with Crippen molar-refractivity contribution in [3.05, 3.63) is 59.9 Å². The van der Waals surface area contributed by atoms with E-state index in [1.807, 2.05) is 11.9 Å². The summed E-state index contributed by atoms with van der Waals surface area (Å²) in [5, 5.41) is 3.07. The number of rotatable bonds is 5. The second-order valence-corrected chi connectivity index (χ2v) is 7.32. The summed E-state index contributed by atoms with van der Waals surface area (Å²) < 4.78 is 41.1. The van der Waals surface area contributed by atoms with Gasteiger partial charge in [0.25, 0.3) is 10.0 Å². The molecule has 2 aromatic rings. The number of nitrogens with one attached hydrogen (secondary N) is 1. The van der Waals surface area contributed by atoms with E-state index in [9.17, 15) is 12.8 Å². The summed E-state index contributed by atoms with van der Waals surface area (Å²) in [7, 11) is -1.76. The Kier molecular flexibility index (Phi) is 4.64. The van der Waals surface area contributed by atoms with Crippen molar-refractivity contribution in [3.8, 4) is 0 Å². The van der Waals surface area contributed by atoms with Gasteiger partial charge in [-0.1, -0.05) is 24.3 Å². The number of fused-ring (bicyclic) bond motifs is 1. The summed E-state index contributed by atoms with van der Waals surface area (Å²) in [5.74, 6) is 0.145. The first-order valence-electron chi connectivity index (χ1n) is 7.57. The van der Waals surface area contributed by atoms with Crippen molar-refractivity contribution in [2.24, 2.45) is 4.40 Å². The van der Waals surface area contributed by atoms with Gasteiger partial charge in [-0.2, -0.15) is 8.42 Å². The van der Waals surface area contributed by atoms with Crippen LogP contribution in [-0.4, -0.2) is 39.3 Å². The van der Waals surface area contributed by atoms with E-state index in [2.05, 4.69) is 9.71 Å². The summed E-state index contributed by atoms with van der Waals surface area (Å²) in [6.45, 7) is 1.09. The van der Waals surface area contributed by atoms with Crippen molar-refractivity contribution >= 4 is 21.5 Å². The molecule has 24 heavy (non-hydrogen) atoms. The fraction of sp³-hybridized carbons (Fsp3) is 0.235. The lowest BCUT2D eigenvalue weighted by atomic mass is 10.1. The van der Waals surface area contributed by atoms with E-state index in [1.54, 1.807) is 30.3 Å². The minimum Gasteiger partial charge on any atom is -0.341 e. The van der Waals surface area contributed by atoms with Gasteiger partial charge in [0.1, 0.15) is 16.5 Å². The smallest absolute Gasteiger partial charge is 0.286 e. The molecule has 0 fully saturated rings. The number of hydrogen-bond acceptors (Lipinski definition) is 4. The molecule has 1 heterocycles. The SMILES string of the molecule is CN(CCc1ccc(F)cc1)CC1=NS(=O)(=O)c2ccccc2N1. The summed E-state index contributed by atoms with van der Waals surface area (Å²) in [4.78, 5) is 2.17. The minimum absolute atomic E-state index is 0.197. The summed E-state index contributed by atoms with van der Waals surface area (Å²) >= 11 is 0. The van der Waals surface area contributed by atoms with Gasteiger partial charge in [-0.05, 0) is 43.3 Å². The molecule has 0 amide bonds. The van der Waals surface area contributed by atoms with E-state index in [0.717, 1.165) is 12.0 Å². The van der Waals surface area contributed by atoms with Gasteiger partial charge in [0.05, 0.1) is 12.2 Å². The molecule has 0 aromatic heterocycles. The molecule has 1 aliphatic heterocycles. The lowest BCUT2D eigenvalue weighted by Crippen LogP contribution is -2.34. The maximum Gasteiger partial charge on any atom is 0.286 e. The molecule has 0 spiro atoms. The molecule has 2 aromatic carbocycles. The van der Waals surface area contributed by atoms with Gasteiger partial charge < -0.3 is 5.32 Å². The number of benzene rings is 2. The van der Waals surface area contributed by atoms with E-state index >= 15 is 0 Å². The first-order chi connectivity index (χ1) is 11.4. The zero-order chi connectivity index (χ0) is 17.2. The van der Waals surface area contributed by atoms with Gasteiger partial charge in [0.2, 0.25) is 0 Å². The van der Waals surface area contributed by atoms with Gasteiger partial charge in [0.15, 0.2) is 0 Å². The second-order valence-electron chi connectivity index (χ2n) is 5.75. The number of hydrogen-bond donors (Lipinski definition) is 1. The van der Waals surface area contributed by atoms with Crippen molar-refractivity contribution in [3.63, 3.8) is 0 Å². The van der Waals surface area contributed by atoms with Crippen molar-refractivity contribution in [1.82, 2.24) is 4.90 Å². The second kappa shape index (κ2) is 6.70. The van der Waals surface area contributed by atoms with Gasteiger partial charge in [-0.15, -0.1) is 4.40 Å². The average molecular weight is 347 g/mol. The highest BCUT2D eigenvalue weighted by Gasteiger charge is 2.24. The molecule has 0 aliphatic carbocycles. The summed E-state index contributed by atoms with van der Waals surface area (Å²) in [6.07, 6.45) is 0.743. The van der Waals surface area contributed by atoms with Crippen LogP contribution in [0.15, 0.2) is 57.8 Å². The molecular weight excluding hydrogens is 329 g/mol. The molecule has 0 atom stereocenters. The maximum atomic E-state index is 12.9. The van der Waals surface area contributed by atoms with Crippen LogP contribution in [0.3, 0.4) is 0 Å². The van der Waals surface area contributed by atoms with Crippen LogP contribution in [0.2, 0.25) is 0 Å². The Hall–Kier alpha value is -2.25. The lowest BCUT2D eigenvalue weighted by molar-refractivity contribution is 0.385. The minimum atomic E-state index is -3.65. The van der Waals surface area contributed by atoms with Crippen LogP contribution in [0.4, 0.5) is 10.1 Å². The molecule has 0 saturated carbocycles. The van der Waals surface area contributed by atoms with Crippen molar-refractivity contribution < 1.29 is 12.8 Å². The van der Waals surface area contributed by atoms with E-state index < -0.39 is 10.0 Å². The molecule has 5 nitrogen and oxygen atoms in total. The molecule has 0 radical (unpaired) electrons. The number of anilines is 1. The number of sulfonamides is 1. The van der Waals surface area contributed by atoms with E-state index in [4.69, 9.17) is 0 Å². The predicted octanol–water partition coefficient (Wildman–Crippen LogP) is 2.51. The van der Waals surface area contributed by atoms with Crippen molar-refractivity contribution in [1.29, 1.82) is 0 Å². The highest BCUT2D eigenvalue weighted by molar-refractivity contribution is 7.90. The zero-order valence-electron chi connectivity index (χ0n) is 13.2. The van der Waals surface area contributed by atoms with Crippen molar-refractivity contribution in [2.75, 3.05) is 25.5 Å². The van der Waals surface area contributed by atoms with Crippen LogP contribution in [0.25, 0.3) is 0 Å². The van der Waals surface area contributed by atoms with Gasteiger partial charge in [0, 0.05) is 6.54 Å². The third kappa shape index (κ3) is 3.80. The third-order valence-corrected chi connectivity index (χ3v) is 5.16. The number of para-hydroxylation sites is 1. The average Bonchev–Trinajstić information content (AvgIpc) is 2.54. The fourth-order valence-corrected chi connectivity index (χ4v) is 3.68. The van der Waals surface area contributed by atoms with Crippen LogP contribution in [0.1, 0.15) is 5.56 Å². The Morgan fingerprint density at radius 3 is 2.58 bits per heavy atom. The van der Waals surface area contributed by atoms with Crippen LogP contribution in [0, 0.1) is 5.82 Å². The molecule has 7 heteroatoms. The number of amidine groups is 1. The Labute approximate surface area is 140 Å². The number of likely N-dealkylation sites (N-methyl/N-ethyl adjacent to an activating group) is 1. The highest BCUT2D eigenvalue weighted by Crippen LogP contribution is 2.26. The summed E-state index contributed by atoms with van der Waals surface area (Å²) in [5.41, 5.74) is 1.58. The van der Waals surface area contributed by atoms with Crippen LogP contribution in [-0.2, 0) is 16.4 Å². The van der Waals surface area contributed by atoms with Crippen LogP contribution < -0.4 is 5.32 Å². The maximum absolute atomic E-state index is 12.9. The van der Waals surface area contributed by atoms with Gasteiger partial charge >= 0.3 is 0 Å². The zero-order valence-corrected chi connectivity index (χ0v) is 14.1. The lowest BCUT2D eigenvalue weighted by Gasteiger charge is -2.22. The van der Waals surface area contributed by atoms with E-state index in [1.165, 1.54) is 18.2 Å².